The molecule has 1 aromatic heterocycles. The number of hydrogen-bond donors (Lipinski definition) is 2. The number of rotatable bonds is 7. The molecule has 1 amide bonds. The highest BCUT2D eigenvalue weighted by molar-refractivity contribution is 5.90. The number of nitrogens with one attached hydrogen (secondary N) is 2. The number of carbonyl (C=O) groups is 1. The van der Waals surface area contributed by atoms with Crippen LogP contribution in [0.15, 0.2) is 72.9 Å². The Hall–Kier alpha value is -3.34. The fourth-order valence-corrected chi connectivity index (χ4v) is 2.55. The number of ether oxygens (including phenoxy) is 1. The van der Waals surface area contributed by atoms with Gasteiger partial charge in [0.15, 0.2) is 0 Å². The van der Waals surface area contributed by atoms with E-state index in [1.807, 2.05) is 60.7 Å². The van der Waals surface area contributed by atoms with Crippen LogP contribution in [-0.2, 0) is 11.2 Å². The van der Waals surface area contributed by atoms with E-state index in [1.54, 1.807) is 19.4 Å². The first-order valence-electron chi connectivity index (χ1n) is 8.44. The molecule has 26 heavy (non-hydrogen) atoms. The summed E-state index contributed by atoms with van der Waals surface area (Å²) in [5, 5.41) is 6.07. The van der Waals surface area contributed by atoms with Gasteiger partial charge in [0.25, 0.3) is 0 Å². The van der Waals surface area contributed by atoms with Crippen LogP contribution in [0.25, 0.3) is 0 Å². The second kappa shape index (κ2) is 8.67. The molecule has 0 bridgehead atoms. The van der Waals surface area contributed by atoms with Crippen molar-refractivity contribution in [2.45, 2.75) is 12.8 Å². The van der Waals surface area contributed by atoms with Gasteiger partial charge in [-0.3, -0.25) is 4.79 Å². The fourth-order valence-electron chi connectivity index (χ4n) is 2.55. The maximum absolute atomic E-state index is 12.1. The highest BCUT2D eigenvalue weighted by atomic mass is 16.5. The van der Waals surface area contributed by atoms with Crippen LogP contribution in [0.3, 0.4) is 0 Å². The number of nitrogens with zero attached hydrogens (tertiary/aromatic N) is 1. The smallest absolute Gasteiger partial charge is 0.225 e. The monoisotopic (exact) mass is 347 g/mol. The van der Waals surface area contributed by atoms with Gasteiger partial charge in [0, 0.05) is 6.42 Å². The number of carbonyl (C=O) groups excluding carboxylic acids is 1. The van der Waals surface area contributed by atoms with E-state index in [1.165, 1.54) is 0 Å². The van der Waals surface area contributed by atoms with E-state index >= 15 is 0 Å². The normalized spacial score (nSPS) is 10.2. The number of anilines is 3. The summed E-state index contributed by atoms with van der Waals surface area (Å²) in [6.07, 6.45) is 2.81. The third kappa shape index (κ3) is 4.83. The van der Waals surface area contributed by atoms with Crippen LogP contribution in [0.1, 0.15) is 12.0 Å². The average Bonchev–Trinajstić information content (AvgIpc) is 2.69. The average molecular weight is 347 g/mol. The molecule has 5 heteroatoms. The van der Waals surface area contributed by atoms with Gasteiger partial charge in [-0.05, 0) is 36.2 Å². The van der Waals surface area contributed by atoms with Crippen LogP contribution < -0.4 is 15.4 Å². The largest absolute Gasteiger partial charge is 0.495 e. The molecule has 0 saturated carbocycles. The molecule has 2 aromatic carbocycles. The van der Waals surface area contributed by atoms with Gasteiger partial charge in [-0.25, -0.2) is 4.98 Å². The lowest BCUT2D eigenvalue weighted by molar-refractivity contribution is -0.116. The minimum Gasteiger partial charge on any atom is -0.495 e. The van der Waals surface area contributed by atoms with Gasteiger partial charge >= 0.3 is 0 Å². The minimum absolute atomic E-state index is 0.0493. The summed E-state index contributed by atoms with van der Waals surface area (Å²) in [7, 11) is 1.63. The highest BCUT2D eigenvalue weighted by Gasteiger charge is 2.05. The van der Waals surface area contributed by atoms with Gasteiger partial charge in [-0.1, -0.05) is 42.5 Å². The molecule has 0 aliphatic heterocycles. The SMILES string of the molecule is COc1ccccc1Nc1ccc(NC(=O)CCc2ccccc2)nc1. The van der Waals surface area contributed by atoms with E-state index in [0.29, 0.717) is 18.7 Å². The van der Waals surface area contributed by atoms with Crippen LogP contribution in [-0.4, -0.2) is 18.0 Å². The summed E-state index contributed by atoms with van der Waals surface area (Å²) in [5.74, 6) is 1.24. The molecule has 0 saturated heterocycles. The Morgan fingerprint density at radius 2 is 1.77 bits per heavy atom. The first-order chi connectivity index (χ1) is 12.7. The molecule has 0 unspecified atom stereocenters. The van der Waals surface area contributed by atoms with Gasteiger partial charge in [0.05, 0.1) is 24.7 Å². The van der Waals surface area contributed by atoms with Gasteiger partial charge in [-0.15, -0.1) is 0 Å². The standard InChI is InChI=1S/C21H21N3O2/c1-26-19-10-6-5-9-18(19)23-17-12-13-20(22-15-17)24-21(25)14-11-16-7-3-2-4-8-16/h2-10,12-13,15,23H,11,14H2,1H3,(H,22,24,25). The molecule has 0 radical (unpaired) electrons. The third-order valence-electron chi connectivity index (χ3n) is 3.90. The lowest BCUT2D eigenvalue weighted by atomic mass is 10.1. The second-order valence-corrected chi connectivity index (χ2v) is 5.79. The molecule has 3 aromatic rings. The Labute approximate surface area is 153 Å². The summed E-state index contributed by atoms with van der Waals surface area (Å²) >= 11 is 0. The van der Waals surface area contributed by atoms with E-state index in [2.05, 4.69) is 15.6 Å². The van der Waals surface area contributed by atoms with Gasteiger partial charge in [0.1, 0.15) is 11.6 Å². The van der Waals surface area contributed by atoms with Crippen molar-refractivity contribution in [1.82, 2.24) is 4.98 Å². The minimum atomic E-state index is -0.0493. The molecule has 2 N–H and O–H groups in total. The van der Waals surface area contributed by atoms with Crippen LogP contribution >= 0.6 is 0 Å². The topological polar surface area (TPSA) is 63.2 Å². The lowest BCUT2D eigenvalue weighted by Crippen LogP contribution is -2.13. The maximum atomic E-state index is 12.1. The number of amides is 1. The summed E-state index contributed by atoms with van der Waals surface area (Å²) in [4.78, 5) is 16.4. The second-order valence-electron chi connectivity index (χ2n) is 5.79. The lowest BCUT2D eigenvalue weighted by Gasteiger charge is -2.11. The summed E-state index contributed by atoms with van der Waals surface area (Å²) in [5.41, 5.74) is 2.82. The van der Waals surface area contributed by atoms with E-state index in [4.69, 9.17) is 4.74 Å². The molecule has 0 spiro atoms. The van der Waals surface area contributed by atoms with Crippen molar-refractivity contribution in [1.29, 1.82) is 0 Å². The first-order valence-corrected chi connectivity index (χ1v) is 8.44. The van der Waals surface area contributed by atoms with Crippen molar-refractivity contribution in [3.05, 3.63) is 78.5 Å². The van der Waals surface area contributed by atoms with Gasteiger partial charge < -0.3 is 15.4 Å². The van der Waals surface area contributed by atoms with Crippen molar-refractivity contribution < 1.29 is 9.53 Å². The molecule has 0 atom stereocenters. The molecule has 132 valence electrons. The molecule has 1 heterocycles. The summed E-state index contributed by atoms with van der Waals surface area (Å²) in [6, 6.07) is 21.3. The Balaban J connectivity index is 1.55. The number of aromatic nitrogens is 1. The van der Waals surface area contributed by atoms with E-state index in [9.17, 15) is 4.79 Å². The zero-order valence-electron chi connectivity index (χ0n) is 14.6. The Morgan fingerprint density at radius 1 is 1.00 bits per heavy atom. The van der Waals surface area contributed by atoms with E-state index in [0.717, 1.165) is 22.7 Å². The van der Waals surface area contributed by atoms with Crippen molar-refractivity contribution in [2.75, 3.05) is 17.7 Å². The predicted molar refractivity (Wildman–Crippen MR) is 104 cm³/mol. The first kappa shape index (κ1) is 17.5. The molecular weight excluding hydrogens is 326 g/mol. The summed E-state index contributed by atoms with van der Waals surface area (Å²) in [6.45, 7) is 0. The molecule has 0 aliphatic rings. The van der Waals surface area contributed by atoms with E-state index < -0.39 is 0 Å². The molecule has 5 nitrogen and oxygen atoms in total. The van der Waals surface area contributed by atoms with Gasteiger partial charge in [0.2, 0.25) is 5.91 Å². The van der Waals surface area contributed by atoms with Crippen LogP contribution in [0.4, 0.5) is 17.2 Å². The molecule has 0 aliphatic carbocycles. The molecular formula is C21H21N3O2. The molecule has 0 fully saturated rings. The Kier molecular flexibility index (Phi) is 5.83. The van der Waals surface area contributed by atoms with Crippen molar-refractivity contribution in [3.63, 3.8) is 0 Å². The number of hydrogen-bond acceptors (Lipinski definition) is 4. The summed E-state index contributed by atoms with van der Waals surface area (Å²) < 4.78 is 5.32. The van der Waals surface area contributed by atoms with Crippen molar-refractivity contribution in [3.8, 4) is 5.75 Å². The number of benzene rings is 2. The molecule has 3 rings (SSSR count). The van der Waals surface area contributed by atoms with E-state index in [-0.39, 0.29) is 5.91 Å². The Bertz CT molecular complexity index is 849. The van der Waals surface area contributed by atoms with Crippen LogP contribution in [0, 0.1) is 0 Å². The van der Waals surface area contributed by atoms with Gasteiger partial charge in [-0.2, -0.15) is 0 Å². The zero-order chi connectivity index (χ0) is 18.2. The number of pyridine rings is 1. The predicted octanol–water partition coefficient (Wildman–Crippen LogP) is 4.41. The number of aryl methyl sites for hydroxylation is 1. The number of methoxy groups -OCH3 is 1. The Morgan fingerprint density at radius 3 is 2.50 bits per heavy atom. The quantitative estimate of drug-likeness (QED) is 0.665. The maximum Gasteiger partial charge on any atom is 0.225 e. The van der Waals surface area contributed by atoms with Crippen molar-refractivity contribution in [2.24, 2.45) is 0 Å². The third-order valence-corrected chi connectivity index (χ3v) is 3.90. The number of para-hydroxylation sites is 2. The highest BCUT2D eigenvalue weighted by Crippen LogP contribution is 2.26. The van der Waals surface area contributed by atoms with Crippen LogP contribution in [0.5, 0.6) is 5.75 Å². The zero-order valence-corrected chi connectivity index (χ0v) is 14.6. The van der Waals surface area contributed by atoms with Crippen molar-refractivity contribution >= 4 is 23.1 Å². The fraction of sp³-hybridized carbons (Fsp3) is 0.143. The van der Waals surface area contributed by atoms with Crippen LogP contribution in [0.2, 0.25) is 0 Å².